The zero-order chi connectivity index (χ0) is 23.7. The van der Waals surface area contributed by atoms with Crippen LogP contribution in [0.5, 0.6) is 5.75 Å². The van der Waals surface area contributed by atoms with Gasteiger partial charge in [-0.15, -0.1) is 0 Å². The average molecular weight is 446 g/mol. The summed E-state index contributed by atoms with van der Waals surface area (Å²) in [4.78, 5) is 26.5. The van der Waals surface area contributed by atoms with Crippen molar-refractivity contribution in [2.75, 3.05) is 20.2 Å². The fourth-order valence-corrected chi connectivity index (χ4v) is 5.99. The Morgan fingerprint density at radius 1 is 1.34 bits per heavy atom. The molecule has 7 nitrogen and oxygen atoms in total. The van der Waals surface area contributed by atoms with Crippen molar-refractivity contribution in [3.63, 3.8) is 0 Å². The molecule has 4 atom stereocenters. The molecule has 1 aromatic rings. The normalized spacial score (nSPS) is 30.6. The maximum Gasteiger partial charge on any atom is 0.318 e. The highest BCUT2D eigenvalue weighted by atomic mass is 16.5. The number of carbonyl (C=O) groups excluding carboxylic acids is 2. The number of likely N-dealkylation sites (tertiary alicyclic amines) is 1. The number of amides is 3. The number of fused-ring (bicyclic) bond motifs is 1. The number of methoxy groups -OCH3 is 1. The standard InChI is InChI=1S/C25H39N3O4/c1-16(2)9-12-28-13-11-24(21-14-20(32-5)7-6-17(21)3)15-19(22(29)27-23(26)30)8-10-25(24,31)18(28)4/h6-7,14,16,18-19,31H,8-13,15H2,1-5H3,(H3,26,27,29,30). The quantitative estimate of drug-likeness (QED) is 0.624. The predicted octanol–water partition coefficient (Wildman–Crippen LogP) is 3.11. The van der Waals surface area contributed by atoms with E-state index >= 15 is 0 Å². The molecule has 1 saturated carbocycles. The molecule has 7 heteroatoms. The molecule has 1 aliphatic heterocycles. The van der Waals surface area contributed by atoms with Crippen molar-refractivity contribution >= 4 is 11.9 Å². The molecule has 1 aliphatic carbocycles. The summed E-state index contributed by atoms with van der Waals surface area (Å²) in [5.74, 6) is 0.593. The molecule has 0 radical (unpaired) electrons. The van der Waals surface area contributed by atoms with E-state index in [2.05, 4.69) is 31.0 Å². The van der Waals surface area contributed by atoms with Crippen molar-refractivity contribution in [3.05, 3.63) is 29.3 Å². The molecule has 0 aromatic heterocycles. The molecule has 2 fully saturated rings. The number of nitrogens with two attached hydrogens (primary N) is 1. The van der Waals surface area contributed by atoms with Crippen LogP contribution < -0.4 is 15.8 Å². The lowest BCUT2D eigenvalue weighted by molar-refractivity contribution is -0.167. The number of hydrogen-bond donors (Lipinski definition) is 3. The third-order valence-corrected chi connectivity index (χ3v) is 7.93. The molecule has 178 valence electrons. The Kier molecular flexibility index (Phi) is 7.20. The van der Waals surface area contributed by atoms with E-state index in [1.54, 1.807) is 7.11 Å². The maximum atomic E-state index is 12.8. The van der Waals surface area contributed by atoms with Crippen LogP contribution in [0.2, 0.25) is 0 Å². The molecule has 3 rings (SSSR count). The van der Waals surface area contributed by atoms with E-state index < -0.39 is 17.0 Å². The van der Waals surface area contributed by atoms with Gasteiger partial charge in [0.1, 0.15) is 5.75 Å². The number of aliphatic hydroxyl groups is 1. The molecule has 0 spiro atoms. The molecular weight excluding hydrogens is 406 g/mol. The average Bonchev–Trinajstić information content (AvgIpc) is 2.73. The number of ether oxygens (including phenoxy) is 1. The van der Waals surface area contributed by atoms with Gasteiger partial charge in [0.05, 0.1) is 12.7 Å². The molecule has 1 heterocycles. The third-order valence-electron chi connectivity index (χ3n) is 7.93. The number of primary amides is 1. The summed E-state index contributed by atoms with van der Waals surface area (Å²) in [6, 6.07) is 5.08. The summed E-state index contributed by atoms with van der Waals surface area (Å²) < 4.78 is 5.52. The molecule has 0 bridgehead atoms. The van der Waals surface area contributed by atoms with E-state index in [4.69, 9.17) is 10.5 Å². The number of urea groups is 1. The Hall–Kier alpha value is -2.12. The minimum atomic E-state index is -0.997. The van der Waals surface area contributed by atoms with E-state index in [-0.39, 0.29) is 17.9 Å². The van der Waals surface area contributed by atoms with Gasteiger partial charge in [0, 0.05) is 17.4 Å². The number of nitrogens with zero attached hydrogens (tertiary/aromatic N) is 1. The van der Waals surface area contributed by atoms with Crippen molar-refractivity contribution in [3.8, 4) is 5.75 Å². The van der Waals surface area contributed by atoms with Crippen LogP contribution in [-0.4, -0.2) is 53.8 Å². The largest absolute Gasteiger partial charge is 0.497 e. The monoisotopic (exact) mass is 445 g/mol. The minimum absolute atomic E-state index is 0.0549. The number of benzene rings is 1. The van der Waals surface area contributed by atoms with Gasteiger partial charge < -0.3 is 15.6 Å². The summed E-state index contributed by atoms with van der Waals surface area (Å²) in [6.45, 7) is 10.4. The van der Waals surface area contributed by atoms with Gasteiger partial charge in [-0.25, -0.2) is 4.79 Å². The summed E-state index contributed by atoms with van der Waals surface area (Å²) in [5, 5.41) is 14.6. The molecule has 1 aromatic carbocycles. The highest BCUT2D eigenvalue weighted by Crippen LogP contribution is 2.56. The smallest absolute Gasteiger partial charge is 0.318 e. The first-order valence-corrected chi connectivity index (χ1v) is 11.8. The molecule has 1 saturated heterocycles. The SMILES string of the molecule is COc1ccc(C)c(C23CCN(CCC(C)C)C(C)C2(O)CCC(C(=O)NC(N)=O)C3)c1. The summed E-state index contributed by atoms with van der Waals surface area (Å²) in [7, 11) is 1.64. The van der Waals surface area contributed by atoms with Crippen molar-refractivity contribution in [2.24, 2.45) is 17.6 Å². The number of rotatable bonds is 6. The van der Waals surface area contributed by atoms with Gasteiger partial charge in [-0.3, -0.25) is 15.0 Å². The van der Waals surface area contributed by atoms with Gasteiger partial charge in [-0.05, 0) is 88.2 Å². The summed E-state index contributed by atoms with van der Waals surface area (Å²) >= 11 is 0. The minimum Gasteiger partial charge on any atom is -0.497 e. The number of nitrogens with one attached hydrogen (secondary N) is 1. The Labute approximate surface area is 191 Å². The highest BCUT2D eigenvalue weighted by Gasteiger charge is 2.61. The first kappa shape index (κ1) is 24.5. The van der Waals surface area contributed by atoms with Gasteiger partial charge in [0.15, 0.2) is 0 Å². The van der Waals surface area contributed by atoms with Crippen LogP contribution >= 0.6 is 0 Å². The fourth-order valence-electron chi connectivity index (χ4n) is 5.99. The maximum absolute atomic E-state index is 12.8. The van der Waals surface area contributed by atoms with Crippen molar-refractivity contribution in [1.29, 1.82) is 0 Å². The van der Waals surface area contributed by atoms with Gasteiger partial charge >= 0.3 is 6.03 Å². The highest BCUT2D eigenvalue weighted by molar-refractivity contribution is 5.94. The van der Waals surface area contributed by atoms with Crippen LogP contribution in [0, 0.1) is 18.8 Å². The van der Waals surface area contributed by atoms with Crippen molar-refractivity contribution in [1.82, 2.24) is 10.2 Å². The number of imide groups is 1. The summed E-state index contributed by atoms with van der Waals surface area (Å²) in [6.07, 6.45) is 3.29. The number of hydrogen-bond acceptors (Lipinski definition) is 5. The topological polar surface area (TPSA) is 105 Å². The second-order valence-electron chi connectivity index (χ2n) is 10.1. The van der Waals surface area contributed by atoms with Crippen molar-refractivity contribution < 1.29 is 19.4 Å². The van der Waals surface area contributed by atoms with Crippen molar-refractivity contribution in [2.45, 2.75) is 76.9 Å². The molecule has 4 unspecified atom stereocenters. The molecule has 32 heavy (non-hydrogen) atoms. The Balaban J connectivity index is 2.05. The van der Waals surface area contributed by atoms with Gasteiger partial charge in [-0.1, -0.05) is 19.9 Å². The van der Waals surface area contributed by atoms with Gasteiger partial charge in [0.2, 0.25) is 5.91 Å². The first-order chi connectivity index (χ1) is 15.0. The van der Waals surface area contributed by atoms with Gasteiger partial charge in [0.25, 0.3) is 0 Å². The summed E-state index contributed by atoms with van der Waals surface area (Å²) in [5.41, 5.74) is 5.71. The molecule has 4 N–H and O–H groups in total. The van der Waals surface area contributed by atoms with E-state index in [0.717, 1.165) is 42.8 Å². The number of carbonyl (C=O) groups is 2. The van der Waals surface area contributed by atoms with Crippen LogP contribution in [0.25, 0.3) is 0 Å². The first-order valence-electron chi connectivity index (χ1n) is 11.8. The van der Waals surface area contributed by atoms with Crippen LogP contribution in [0.3, 0.4) is 0 Å². The zero-order valence-electron chi connectivity index (χ0n) is 20.1. The van der Waals surface area contributed by atoms with E-state index in [0.29, 0.717) is 25.2 Å². The predicted molar refractivity (Wildman–Crippen MR) is 125 cm³/mol. The van der Waals surface area contributed by atoms with Crippen LogP contribution in [0.4, 0.5) is 4.79 Å². The lowest BCUT2D eigenvalue weighted by atomic mass is 9.51. The number of aryl methyl sites for hydroxylation is 1. The van der Waals surface area contributed by atoms with Crippen LogP contribution in [0.1, 0.15) is 64.0 Å². The zero-order valence-corrected chi connectivity index (χ0v) is 20.1. The van der Waals surface area contributed by atoms with E-state index in [9.17, 15) is 14.7 Å². The second kappa shape index (κ2) is 9.40. The Bertz CT molecular complexity index is 858. The van der Waals surface area contributed by atoms with Crippen LogP contribution in [0.15, 0.2) is 18.2 Å². The van der Waals surface area contributed by atoms with Crippen LogP contribution in [-0.2, 0) is 10.2 Å². The van der Waals surface area contributed by atoms with E-state index in [1.807, 2.05) is 25.1 Å². The fraction of sp³-hybridized carbons (Fsp3) is 0.680. The lowest BCUT2D eigenvalue weighted by Crippen LogP contribution is -2.70. The van der Waals surface area contributed by atoms with Gasteiger partial charge in [-0.2, -0.15) is 0 Å². The molecular formula is C25H39N3O4. The number of piperidine rings is 1. The Morgan fingerprint density at radius 3 is 2.69 bits per heavy atom. The third kappa shape index (κ3) is 4.37. The Morgan fingerprint density at radius 2 is 2.06 bits per heavy atom. The molecule has 2 aliphatic rings. The second-order valence-corrected chi connectivity index (χ2v) is 10.1. The van der Waals surface area contributed by atoms with E-state index in [1.165, 1.54) is 0 Å². The molecule has 3 amide bonds. The lowest BCUT2D eigenvalue weighted by Gasteiger charge is -2.61.